The molecule has 18 heavy (non-hydrogen) atoms. The van der Waals surface area contributed by atoms with E-state index in [4.69, 9.17) is 10.8 Å². The molecule has 1 aliphatic rings. The molecule has 0 aromatic heterocycles. The van der Waals surface area contributed by atoms with E-state index in [2.05, 4.69) is 34.1 Å². The van der Waals surface area contributed by atoms with Gasteiger partial charge in [-0.1, -0.05) is 12.1 Å². The fourth-order valence-corrected chi connectivity index (χ4v) is 2.36. The molecule has 3 N–H and O–H groups in total. The van der Waals surface area contributed by atoms with Crippen LogP contribution in [0.25, 0.3) is 0 Å². The second-order valence-corrected chi connectivity index (χ2v) is 4.93. The van der Waals surface area contributed by atoms with Crippen molar-refractivity contribution in [2.24, 2.45) is 5.73 Å². The Bertz CT molecular complexity index is 356. The topological polar surface area (TPSA) is 52.7 Å². The van der Waals surface area contributed by atoms with E-state index in [0.29, 0.717) is 0 Å². The number of nitrogens with two attached hydrogens (primary N) is 1. The Morgan fingerprint density at radius 3 is 2.28 bits per heavy atom. The highest BCUT2D eigenvalue weighted by Crippen LogP contribution is 2.19. The van der Waals surface area contributed by atoms with Crippen molar-refractivity contribution < 1.29 is 5.11 Å². The SMILES string of the molecule is CC(N)c1ccc(N2CCN(CCO)CC2)cc1. The van der Waals surface area contributed by atoms with Crippen molar-refractivity contribution in [2.75, 3.05) is 44.2 Å². The molecule has 0 spiro atoms. The zero-order valence-corrected chi connectivity index (χ0v) is 11.0. The fraction of sp³-hybridized carbons (Fsp3) is 0.571. The first kappa shape index (κ1) is 13.3. The lowest BCUT2D eigenvalue weighted by atomic mass is 10.1. The quantitative estimate of drug-likeness (QED) is 0.829. The Labute approximate surface area is 109 Å². The first-order chi connectivity index (χ1) is 8.70. The van der Waals surface area contributed by atoms with Gasteiger partial charge in [-0.2, -0.15) is 0 Å². The van der Waals surface area contributed by atoms with Gasteiger partial charge in [0.15, 0.2) is 0 Å². The smallest absolute Gasteiger partial charge is 0.0558 e. The average Bonchev–Trinajstić information content (AvgIpc) is 2.40. The molecular formula is C14H23N3O. The Kier molecular flexibility index (Phi) is 4.58. The summed E-state index contributed by atoms with van der Waals surface area (Å²) in [5.74, 6) is 0. The molecule has 1 aromatic carbocycles. The summed E-state index contributed by atoms with van der Waals surface area (Å²) in [5.41, 5.74) is 8.29. The Hall–Kier alpha value is -1.10. The van der Waals surface area contributed by atoms with Gasteiger partial charge in [0.1, 0.15) is 0 Å². The molecule has 0 saturated carbocycles. The van der Waals surface area contributed by atoms with E-state index in [1.54, 1.807) is 0 Å². The summed E-state index contributed by atoms with van der Waals surface area (Å²) in [5, 5.41) is 8.92. The predicted octanol–water partition coefficient (Wildman–Crippen LogP) is 0.821. The van der Waals surface area contributed by atoms with Crippen LogP contribution in [0.5, 0.6) is 0 Å². The third-order valence-electron chi connectivity index (χ3n) is 3.57. The molecule has 1 aromatic rings. The summed E-state index contributed by atoms with van der Waals surface area (Å²) in [6.45, 7) is 7.14. The molecule has 2 rings (SSSR count). The van der Waals surface area contributed by atoms with Crippen molar-refractivity contribution in [3.05, 3.63) is 29.8 Å². The first-order valence-electron chi connectivity index (χ1n) is 6.64. The molecule has 1 atom stereocenters. The van der Waals surface area contributed by atoms with Gasteiger partial charge in [0.2, 0.25) is 0 Å². The molecule has 0 radical (unpaired) electrons. The van der Waals surface area contributed by atoms with Crippen molar-refractivity contribution in [2.45, 2.75) is 13.0 Å². The van der Waals surface area contributed by atoms with E-state index in [0.717, 1.165) is 32.7 Å². The van der Waals surface area contributed by atoms with E-state index in [-0.39, 0.29) is 12.6 Å². The molecular weight excluding hydrogens is 226 g/mol. The van der Waals surface area contributed by atoms with Gasteiger partial charge in [-0.3, -0.25) is 4.90 Å². The summed E-state index contributed by atoms with van der Waals surface area (Å²) in [7, 11) is 0. The molecule has 0 aliphatic carbocycles. The Morgan fingerprint density at radius 2 is 1.78 bits per heavy atom. The van der Waals surface area contributed by atoms with Crippen LogP contribution in [0.3, 0.4) is 0 Å². The van der Waals surface area contributed by atoms with Gasteiger partial charge < -0.3 is 15.7 Å². The summed E-state index contributed by atoms with van der Waals surface area (Å²) >= 11 is 0. The van der Waals surface area contributed by atoms with Crippen LogP contribution in [0.4, 0.5) is 5.69 Å². The van der Waals surface area contributed by atoms with E-state index in [9.17, 15) is 0 Å². The van der Waals surface area contributed by atoms with Crippen LogP contribution in [0, 0.1) is 0 Å². The minimum Gasteiger partial charge on any atom is -0.395 e. The van der Waals surface area contributed by atoms with E-state index in [1.165, 1.54) is 11.3 Å². The molecule has 1 unspecified atom stereocenters. The number of hydrogen-bond donors (Lipinski definition) is 2. The van der Waals surface area contributed by atoms with Gasteiger partial charge in [-0.15, -0.1) is 0 Å². The second kappa shape index (κ2) is 6.18. The number of nitrogens with zero attached hydrogens (tertiary/aromatic N) is 2. The number of aliphatic hydroxyl groups excluding tert-OH is 1. The highest BCUT2D eigenvalue weighted by molar-refractivity contribution is 5.48. The van der Waals surface area contributed by atoms with Crippen LogP contribution in [-0.4, -0.2) is 49.3 Å². The largest absolute Gasteiger partial charge is 0.395 e. The number of rotatable bonds is 4. The number of aliphatic hydroxyl groups is 1. The van der Waals surface area contributed by atoms with Crippen LogP contribution < -0.4 is 10.6 Å². The Morgan fingerprint density at radius 1 is 1.17 bits per heavy atom. The molecule has 1 aliphatic heterocycles. The van der Waals surface area contributed by atoms with Crippen LogP contribution in [0.2, 0.25) is 0 Å². The molecule has 1 heterocycles. The van der Waals surface area contributed by atoms with Gasteiger partial charge in [0, 0.05) is 44.5 Å². The lowest BCUT2D eigenvalue weighted by Gasteiger charge is -2.35. The molecule has 1 saturated heterocycles. The van der Waals surface area contributed by atoms with Crippen LogP contribution in [0.15, 0.2) is 24.3 Å². The van der Waals surface area contributed by atoms with E-state index in [1.807, 2.05) is 6.92 Å². The Balaban J connectivity index is 1.93. The highest BCUT2D eigenvalue weighted by Gasteiger charge is 2.16. The van der Waals surface area contributed by atoms with Crippen molar-refractivity contribution in [3.8, 4) is 0 Å². The number of hydrogen-bond acceptors (Lipinski definition) is 4. The monoisotopic (exact) mass is 249 g/mol. The highest BCUT2D eigenvalue weighted by atomic mass is 16.3. The zero-order chi connectivity index (χ0) is 13.0. The first-order valence-corrected chi connectivity index (χ1v) is 6.64. The van der Waals surface area contributed by atoms with Crippen LogP contribution in [0.1, 0.15) is 18.5 Å². The van der Waals surface area contributed by atoms with Crippen molar-refractivity contribution in [1.29, 1.82) is 0 Å². The average molecular weight is 249 g/mol. The lowest BCUT2D eigenvalue weighted by molar-refractivity contribution is 0.189. The number of anilines is 1. The van der Waals surface area contributed by atoms with Gasteiger partial charge in [0.05, 0.1) is 6.61 Å². The number of β-amino-alcohol motifs (C(OH)–C–C–N with tert-alkyl or cyclic N) is 1. The maximum atomic E-state index is 8.92. The molecule has 4 nitrogen and oxygen atoms in total. The molecule has 0 amide bonds. The minimum absolute atomic E-state index is 0.0976. The number of benzene rings is 1. The zero-order valence-electron chi connectivity index (χ0n) is 11.0. The maximum absolute atomic E-state index is 8.92. The standard InChI is InChI=1S/C14H23N3O/c1-12(15)13-2-4-14(5-3-13)17-8-6-16(7-9-17)10-11-18/h2-5,12,18H,6-11,15H2,1H3. The second-order valence-electron chi connectivity index (χ2n) is 4.93. The molecule has 0 bridgehead atoms. The molecule has 1 fully saturated rings. The van der Waals surface area contributed by atoms with Crippen LogP contribution >= 0.6 is 0 Å². The van der Waals surface area contributed by atoms with E-state index >= 15 is 0 Å². The lowest BCUT2D eigenvalue weighted by Crippen LogP contribution is -2.47. The maximum Gasteiger partial charge on any atom is 0.0558 e. The van der Waals surface area contributed by atoms with Gasteiger partial charge in [-0.05, 0) is 24.6 Å². The van der Waals surface area contributed by atoms with Crippen molar-refractivity contribution in [3.63, 3.8) is 0 Å². The van der Waals surface area contributed by atoms with Gasteiger partial charge in [0.25, 0.3) is 0 Å². The van der Waals surface area contributed by atoms with Crippen LogP contribution in [-0.2, 0) is 0 Å². The predicted molar refractivity (Wildman–Crippen MR) is 74.8 cm³/mol. The van der Waals surface area contributed by atoms with Crippen molar-refractivity contribution >= 4 is 5.69 Å². The third kappa shape index (κ3) is 3.22. The minimum atomic E-state index is 0.0976. The summed E-state index contributed by atoms with van der Waals surface area (Å²) in [4.78, 5) is 4.69. The summed E-state index contributed by atoms with van der Waals surface area (Å²) < 4.78 is 0. The summed E-state index contributed by atoms with van der Waals surface area (Å²) in [6, 6.07) is 8.63. The normalized spacial score (nSPS) is 18.9. The van der Waals surface area contributed by atoms with Gasteiger partial charge >= 0.3 is 0 Å². The fourth-order valence-electron chi connectivity index (χ4n) is 2.36. The number of piperazine rings is 1. The van der Waals surface area contributed by atoms with Gasteiger partial charge in [-0.25, -0.2) is 0 Å². The third-order valence-corrected chi connectivity index (χ3v) is 3.57. The van der Waals surface area contributed by atoms with E-state index < -0.39 is 0 Å². The molecule has 100 valence electrons. The summed E-state index contributed by atoms with van der Waals surface area (Å²) in [6.07, 6.45) is 0. The molecule has 4 heteroatoms. The van der Waals surface area contributed by atoms with Crippen molar-refractivity contribution in [1.82, 2.24) is 4.90 Å².